The van der Waals surface area contributed by atoms with E-state index in [4.69, 9.17) is 4.74 Å². The molecule has 0 aliphatic heterocycles. The van der Waals surface area contributed by atoms with Crippen molar-refractivity contribution in [1.29, 1.82) is 0 Å². The Morgan fingerprint density at radius 2 is 1.56 bits per heavy atom. The molecule has 1 aromatic carbocycles. The second kappa shape index (κ2) is 13.0. The Morgan fingerprint density at radius 1 is 1.00 bits per heavy atom. The fourth-order valence-electron chi connectivity index (χ4n) is 2.43. The van der Waals surface area contributed by atoms with E-state index in [1.54, 1.807) is 0 Å². The summed E-state index contributed by atoms with van der Waals surface area (Å²) < 4.78 is 5.01. The highest BCUT2D eigenvalue weighted by Crippen LogP contribution is 2.17. The van der Waals surface area contributed by atoms with Crippen LogP contribution in [0.3, 0.4) is 0 Å². The molecule has 0 aromatic heterocycles. The Labute approximate surface area is 149 Å². The van der Waals surface area contributed by atoms with Crippen LogP contribution in [0.2, 0.25) is 0 Å². The number of nitrogens with zero attached hydrogens (tertiary/aromatic N) is 1. The van der Waals surface area contributed by atoms with Crippen LogP contribution in [0, 0.1) is 22.0 Å². The quantitative estimate of drug-likeness (QED) is 0.102. The van der Waals surface area contributed by atoms with Crippen molar-refractivity contribution in [3.63, 3.8) is 0 Å². The van der Waals surface area contributed by atoms with Crippen molar-refractivity contribution in [3.8, 4) is 17.6 Å². The van der Waals surface area contributed by atoms with Gasteiger partial charge in [-0.25, -0.2) is 4.79 Å². The standard InChI is InChI=1S/C20H27NO4/c1-2-3-4-5-6-7-8-9-10-11-12-13-20(22)25-19-16-14-18(15-17-19)21(23)24/h14-17H,2-11H2,1H3. The molecule has 0 N–H and O–H groups in total. The maximum atomic E-state index is 11.6. The van der Waals surface area contributed by atoms with E-state index in [1.807, 2.05) is 0 Å². The molecule has 0 unspecified atom stereocenters. The first-order valence-electron chi connectivity index (χ1n) is 9.08. The Kier molecular flexibility index (Phi) is 10.8. The van der Waals surface area contributed by atoms with Crippen molar-refractivity contribution in [2.75, 3.05) is 0 Å². The summed E-state index contributed by atoms with van der Waals surface area (Å²) in [7, 11) is 0. The number of nitro benzene ring substituents is 1. The minimum absolute atomic E-state index is 0.0451. The second-order valence-electron chi connectivity index (χ2n) is 6.02. The van der Waals surface area contributed by atoms with Crippen molar-refractivity contribution in [2.24, 2.45) is 0 Å². The van der Waals surface area contributed by atoms with Gasteiger partial charge in [0.05, 0.1) is 4.92 Å². The molecule has 5 heteroatoms. The third kappa shape index (κ3) is 10.2. The number of hydrogen-bond acceptors (Lipinski definition) is 4. The molecule has 25 heavy (non-hydrogen) atoms. The van der Waals surface area contributed by atoms with Gasteiger partial charge < -0.3 is 4.74 Å². The van der Waals surface area contributed by atoms with E-state index >= 15 is 0 Å². The van der Waals surface area contributed by atoms with Crippen molar-refractivity contribution in [3.05, 3.63) is 34.4 Å². The molecular formula is C20H27NO4. The van der Waals surface area contributed by atoms with Crippen LogP contribution in [0.5, 0.6) is 5.75 Å². The second-order valence-corrected chi connectivity index (χ2v) is 6.02. The zero-order valence-corrected chi connectivity index (χ0v) is 15.0. The van der Waals surface area contributed by atoms with Crippen molar-refractivity contribution in [2.45, 2.75) is 71.1 Å². The van der Waals surface area contributed by atoms with Crippen LogP contribution in [0.15, 0.2) is 24.3 Å². The Hall–Kier alpha value is -2.35. The molecule has 0 aliphatic carbocycles. The number of esters is 1. The van der Waals surface area contributed by atoms with Gasteiger partial charge in [-0.05, 0) is 18.6 Å². The minimum atomic E-state index is -0.634. The van der Waals surface area contributed by atoms with Crippen molar-refractivity contribution >= 4 is 11.7 Å². The summed E-state index contributed by atoms with van der Waals surface area (Å²) in [6.45, 7) is 2.22. The highest BCUT2D eigenvalue weighted by atomic mass is 16.6. The van der Waals surface area contributed by atoms with Gasteiger partial charge in [-0.15, -0.1) is 0 Å². The van der Waals surface area contributed by atoms with Crippen LogP contribution >= 0.6 is 0 Å². The van der Waals surface area contributed by atoms with Crippen molar-refractivity contribution < 1.29 is 14.5 Å². The van der Waals surface area contributed by atoms with Crippen LogP contribution in [0.4, 0.5) is 5.69 Å². The first-order chi connectivity index (χ1) is 12.1. The third-order valence-electron chi connectivity index (χ3n) is 3.85. The highest BCUT2D eigenvalue weighted by molar-refractivity contribution is 5.90. The lowest BCUT2D eigenvalue weighted by molar-refractivity contribution is -0.384. The van der Waals surface area contributed by atoms with E-state index in [0.717, 1.165) is 12.8 Å². The van der Waals surface area contributed by atoms with E-state index in [9.17, 15) is 14.9 Å². The number of non-ortho nitro benzene ring substituents is 1. The molecule has 1 aromatic rings. The molecule has 0 amide bonds. The van der Waals surface area contributed by atoms with Crippen LogP contribution in [0.25, 0.3) is 0 Å². The number of benzene rings is 1. The smallest absolute Gasteiger partial charge is 0.389 e. The topological polar surface area (TPSA) is 69.4 Å². The average Bonchev–Trinajstić information content (AvgIpc) is 2.60. The lowest BCUT2D eigenvalue weighted by Gasteiger charge is -2.00. The fraction of sp³-hybridized carbons (Fsp3) is 0.550. The van der Waals surface area contributed by atoms with Gasteiger partial charge >= 0.3 is 5.97 Å². The van der Waals surface area contributed by atoms with Crippen molar-refractivity contribution in [1.82, 2.24) is 0 Å². The first kappa shape index (κ1) is 20.7. The summed E-state index contributed by atoms with van der Waals surface area (Å²) in [4.78, 5) is 21.6. The van der Waals surface area contributed by atoms with Crippen LogP contribution in [-0.2, 0) is 4.79 Å². The first-order valence-corrected chi connectivity index (χ1v) is 9.08. The van der Waals surface area contributed by atoms with Gasteiger partial charge in [0.2, 0.25) is 0 Å². The molecule has 0 bridgehead atoms. The summed E-state index contributed by atoms with van der Waals surface area (Å²) in [5.74, 6) is 4.89. The fourth-order valence-corrected chi connectivity index (χ4v) is 2.43. The van der Waals surface area contributed by atoms with Crippen LogP contribution < -0.4 is 4.74 Å². The molecule has 0 fully saturated rings. The summed E-state index contributed by atoms with van der Waals surface area (Å²) >= 11 is 0. The number of carbonyl (C=O) groups excluding carboxylic acids is 1. The average molecular weight is 345 g/mol. The Bertz CT molecular complexity index is 584. The van der Waals surface area contributed by atoms with E-state index < -0.39 is 10.9 Å². The SMILES string of the molecule is CCCCCCCCCCCC#CC(=O)Oc1ccc([N+](=O)[O-])cc1. The molecule has 0 heterocycles. The molecule has 0 aliphatic rings. The number of ether oxygens (including phenoxy) is 1. The maximum absolute atomic E-state index is 11.6. The van der Waals surface area contributed by atoms with Gasteiger partial charge in [-0.2, -0.15) is 0 Å². The number of unbranched alkanes of at least 4 members (excludes halogenated alkanes) is 9. The molecule has 0 radical (unpaired) electrons. The Balaban J connectivity index is 2.10. The lowest BCUT2D eigenvalue weighted by Crippen LogP contribution is -2.04. The number of rotatable bonds is 11. The lowest BCUT2D eigenvalue weighted by atomic mass is 10.1. The summed E-state index contributed by atoms with van der Waals surface area (Å²) in [5, 5.41) is 10.5. The maximum Gasteiger partial charge on any atom is 0.389 e. The predicted molar refractivity (Wildman–Crippen MR) is 98.4 cm³/mol. The number of hydrogen-bond donors (Lipinski definition) is 0. The van der Waals surface area contributed by atoms with Gasteiger partial charge in [0.1, 0.15) is 5.75 Å². The molecule has 1 rings (SSSR count). The summed E-state index contributed by atoms with van der Waals surface area (Å²) in [5.41, 5.74) is -0.0451. The normalized spacial score (nSPS) is 9.96. The highest BCUT2D eigenvalue weighted by Gasteiger charge is 2.06. The molecular weight excluding hydrogens is 318 g/mol. The minimum Gasteiger partial charge on any atom is -0.417 e. The van der Waals surface area contributed by atoms with Gasteiger partial charge in [0.25, 0.3) is 5.69 Å². The molecule has 5 nitrogen and oxygen atoms in total. The zero-order valence-electron chi connectivity index (χ0n) is 15.0. The van der Waals surface area contributed by atoms with E-state index in [-0.39, 0.29) is 11.4 Å². The third-order valence-corrected chi connectivity index (χ3v) is 3.85. The van der Waals surface area contributed by atoms with Crippen LogP contribution in [-0.4, -0.2) is 10.9 Å². The van der Waals surface area contributed by atoms with Gasteiger partial charge in [0.15, 0.2) is 0 Å². The molecule has 0 saturated carbocycles. The summed E-state index contributed by atoms with van der Waals surface area (Å²) in [6, 6.07) is 5.35. The largest absolute Gasteiger partial charge is 0.417 e. The predicted octanol–water partition coefficient (Wildman–Crippen LogP) is 5.42. The van der Waals surface area contributed by atoms with E-state index in [1.165, 1.54) is 69.2 Å². The molecule has 136 valence electrons. The zero-order chi connectivity index (χ0) is 18.3. The van der Waals surface area contributed by atoms with Crippen LogP contribution in [0.1, 0.15) is 71.1 Å². The Morgan fingerprint density at radius 3 is 2.12 bits per heavy atom. The number of nitro groups is 1. The molecule has 0 spiro atoms. The molecule has 0 atom stereocenters. The van der Waals surface area contributed by atoms with E-state index in [2.05, 4.69) is 18.8 Å². The number of carbonyl (C=O) groups is 1. The van der Waals surface area contributed by atoms with Gasteiger partial charge in [-0.3, -0.25) is 10.1 Å². The monoisotopic (exact) mass is 345 g/mol. The summed E-state index contributed by atoms with van der Waals surface area (Å²) in [6.07, 6.45) is 11.9. The van der Waals surface area contributed by atoms with Gasteiger partial charge in [-0.1, -0.05) is 64.2 Å². The van der Waals surface area contributed by atoms with Gasteiger partial charge in [0, 0.05) is 24.5 Å². The molecule has 0 saturated heterocycles. The van der Waals surface area contributed by atoms with E-state index in [0.29, 0.717) is 6.42 Å².